The van der Waals surface area contributed by atoms with Crippen molar-refractivity contribution in [2.75, 3.05) is 4.90 Å². The van der Waals surface area contributed by atoms with Crippen molar-refractivity contribution >= 4 is 49.9 Å². The lowest BCUT2D eigenvalue weighted by Gasteiger charge is -2.38. The summed E-state index contributed by atoms with van der Waals surface area (Å²) in [6, 6.07) is 51.5. The molecule has 7 aromatic carbocycles. The highest BCUT2D eigenvalue weighted by atomic mass is 16.5. The van der Waals surface area contributed by atoms with Gasteiger partial charge in [0.25, 0.3) is 0 Å². The fraction of sp³-hybridized carbons (Fsp3) is 0. The molecule has 2 aliphatic heterocycles. The molecule has 0 N–H and O–H groups in total. The molecule has 0 unspecified atom stereocenters. The van der Waals surface area contributed by atoms with Crippen LogP contribution in [0.3, 0.4) is 0 Å². The van der Waals surface area contributed by atoms with Gasteiger partial charge in [-0.15, -0.1) is 0 Å². The van der Waals surface area contributed by atoms with Crippen LogP contribution in [0.4, 0.5) is 17.1 Å². The van der Waals surface area contributed by atoms with Gasteiger partial charge < -0.3 is 13.9 Å². The maximum atomic E-state index is 6.71. The normalized spacial score (nSPS) is 12.7. The summed E-state index contributed by atoms with van der Waals surface area (Å²) >= 11 is 0. The first-order chi connectivity index (χ1) is 24.7. The molecule has 0 fully saturated rings. The van der Waals surface area contributed by atoms with Gasteiger partial charge in [0, 0.05) is 16.5 Å². The molecular weight excluding hydrogens is 619 g/mol. The fourth-order valence-electron chi connectivity index (χ4n) is 7.27. The largest absolute Gasteiger partial charge is 0.453 e. The Morgan fingerprint density at radius 3 is 2.04 bits per heavy atom. The number of anilines is 3. The smallest absolute Gasteiger partial charge is 0.180 e. The topological polar surface area (TPSA) is 60.6 Å². The number of ether oxygens (including phenoxy) is 2. The zero-order valence-electron chi connectivity index (χ0n) is 26.5. The molecule has 9 aromatic rings. The molecule has 4 heterocycles. The molecule has 50 heavy (non-hydrogen) atoms. The first kappa shape index (κ1) is 27.1. The molecule has 234 valence electrons. The Balaban J connectivity index is 1.08. The molecule has 0 radical (unpaired) electrons. The Bertz CT molecular complexity index is 2840. The molecule has 6 nitrogen and oxygen atoms in total. The predicted octanol–water partition coefficient (Wildman–Crippen LogP) is 12.2. The molecule has 0 bridgehead atoms. The van der Waals surface area contributed by atoms with E-state index in [2.05, 4.69) is 89.8 Å². The van der Waals surface area contributed by atoms with Gasteiger partial charge in [-0.3, -0.25) is 4.90 Å². The molecule has 0 amide bonds. The quantitative estimate of drug-likeness (QED) is 0.191. The van der Waals surface area contributed by atoms with Crippen LogP contribution in [0.5, 0.6) is 23.0 Å². The molecule has 0 aliphatic carbocycles. The molecule has 0 atom stereocenters. The zero-order valence-corrected chi connectivity index (χ0v) is 26.5. The minimum atomic E-state index is 0.623. The third-order valence-corrected chi connectivity index (χ3v) is 9.60. The van der Waals surface area contributed by atoms with Gasteiger partial charge in [0.05, 0.1) is 11.4 Å². The summed E-state index contributed by atoms with van der Waals surface area (Å²) in [6.07, 6.45) is 0. The van der Waals surface area contributed by atoms with Crippen molar-refractivity contribution in [2.24, 2.45) is 0 Å². The Kier molecular flexibility index (Phi) is 5.57. The highest BCUT2D eigenvalue weighted by Gasteiger charge is 2.35. The summed E-state index contributed by atoms with van der Waals surface area (Å²) < 4.78 is 19.6. The number of para-hydroxylation sites is 3. The summed E-state index contributed by atoms with van der Waals surface area (Å²) in [7, 11) is 0. The van der Waals surface area contributed by atoms with Crippen molar-refractivity contribution in [1.82, 2.24) is 9.97 Å². The standard InChI is InChI=1S/C44H25N3O3/c1-2-11-26(12-3-1)40-43-41(32-17-6-8-19-35(32)50-43)46-44(45-40)30-16-10-15-27(21-30)31-24-38-42-39(25-31)49-37-23-29-14-5-4-13-28(29)22-34(37)47(42)33-18-7-9-20-36(33)48-38/h1-25H. The summed E-state index contributed by atoms with van der Waals surface area (Å²) in [4.78, 5) is 12.5. The zero-order chi connectivity index (χ0) is 32.8. The van der Waals surface area contributed by atoms with Crippen molar-refractivity contribution < 1.29 is 13.9 Å². The van der Waals surface area contributed by atoms with Gasteiger partial charge in [-0.25, -0.2) is 9.97 Å². The van der Waals surface area contributed by atoms with Crippen LogP contribution in [-0.2, 0) is 0 Å². The van der Waals surface area contributed by atoms with E-state index < -0.39 is 0 Å². The van der Waals surface area contributed by atoms with Crippen LogP contribution in [0, 0.1) is 0 Å². The minimum absolute atomic E-state index is 0.623. The van der Waals surface area contributed by atoms with E-state index >= 15 is 0 Å². The van der Waals surface area contributed by atoms with Gasteiger partial charge in [-0.1, -0.05) is 97.1 Å². The highest BCUT2D eigenvalue weighted by molar-refractivity contribution is 6.07. The fourth-order valence-corrected chi connectivity index (χ4v) is 7.27. The molecule has 6 heteroatoms. The number of rotatable bonds is 3. The van der Waals surface area contributed by atoms with Gasteiger partial charge in [-0.05, 0) is 76.5 Å². The average Bonchev–Trinajstić information content (AvgIpc) is 3.55. The molecule has 0 saturated heterocycles. The van der Waals surface area contributed by atoms with E-state index in [1.54, 1.807) is 0 Å². The van der Waals surface area contributed by atoms with E-state index in [0.717, 1.165) is 95.3 Å². The van der Waals surface area contributed by atoms with Crippen LogP contribution in [-0.4, -0.2) is 9.97 Å². The van der Waals surface area contributed by atoms with E-state index in [1.807, 2.05) is 66.7 Å². The SMILES string of the molecule is c1ccc(-c2nc(-c3cccc(-c4cc5c6c(c4)Oc4cc7ccccc7cc4N6c4ccccc4O5)c3)nc3c2oc2ccccc23)cc1. The summed E-state index contributed by atoms with van der Waals surface area (Å²) in [5.74, 6) is 3.67. The Labute approximate surface area is 286 Å². The first-order valence-corrected chi connectivity index (χ1v) is 16.6. The average molecular weight is 644 g/mol. The third-order valence-electron chi connectivity index (χ3n) is 9.60. The Hall–Kier alpha value is -6.92. The maximum Gasteiger partial charge on any atom is 0.180 e. The van der Waals surface area contributed by atoms with E-state index in [0.29, 0.717) is 11.4 Å². The number of benzene rings is 7. The lowest BCUT2D eigenvalue weighted by Crippen LogP contribution is -2.20. The van der Waals surface area contributed by atoms with Crippen LogP contribution < -0.4 is 14.4 Å². The molecule has 0 spiro atoms. The summed E-state index contributed by atoms with van der Waals surface area (Å²) in [5, 5.41) is 3.23. The number of furan rings is 1. The van der Waals surface area contributed by atoms with Gasteiger partial charge in [0.2, 0.25) is 0 Å². The van der Waals surface area contributed by atoms with Crippen molar-refractivity contribution in [3.63, 3.8) is 0 Å². The van der Waals surface area contributed by atoms with E-state index in [9.17, 15) is 0 Å². The Morgan fingerprint density at radius 2 is 1.16 bits per heavy atom. The van der Waals surface area contributed by atoms with Crippen LogP contribution in [0.2, 0.25) is 0 Å². The number of hydrogen-bond acceptors (Lipinski definition) is 6. The Morgan fingerprint density at radius 1 is 0.460 bits per heavy atom. The van der Waals surface area contributed by atoms with Gasteiger partial charge in [0.1, 0.15) is 22.5 Å². The lowest BCUT2D eigenvalue weighted by molar-refractivity contribution is 0.446. The third kappa shape index (κ3) is 4.02. The number of aromatic nitrogens is 2. The van der Waals surface area contributed by atoms with E-state index in [4.69, 9.17) is 23.9 Å². The van der Waals surface area contributed by atoms with Crippen molar-refractivity contribution in [1.29, 1.82) is 0 Å². The monoisotopic (exact) mass is 643 g/mol. The summed E-state index contributed by atoms with van der Waals surface area (Å²) in [5.41, 5.74) is 9.68. The van der Waals surface area contributed by atoms with Crippen LogP contribution >= 0.6 is 0 Å². The second-order valence-corrected chi connectivity index (χ2v) is 12.6. The van der Waals surface area contributed by atoms with Gasteiger partial charge >= 0.3 is 0 Å². The van der Waals surface area contributed by atoms with Crippen molar-refractivity contribution in [3.8, 4) is 56.8 Å². The summed E-state index contributed by atoms with van der Waals surface area (Å²) in [6.45, 7) is 0. The number of nitrogens with zero attached hydrogens (tertiary/aromatic N) is 3. The predicted molar refractivity (Wildman–Crippen MR) is 198 cm³/mol. The molecule has 2 aromatic heterocycles. The molecular formula is C44H25N3O3. The maximum absolute atomic E-state index is 6.71. The second kappa shape index (κ2) is 10.3. The van der Waals surface area contributed by atoms with Crippen LogP contribution in [0.1, 0.15) is 0 Å². The van der Waals surface area contributed by atoms with Crippen LogP contribution in [0.25, 0.3) is 66.6 Å². The highest BCUT2D eigenvalue weighted by Crippen LogP contribution is 2.61. The van der Waals surface area contributed by atoms with Crippen molar-refractivity contribution in [2.45, 2.75) is 0 Å². The van der Waals surface area contributed by atoms with E-state index in [-0.39, 0.29) is 0 Å². The van der Waals surface area contributed by atoms with Gasteiger partial charge in [-0.2, -0.15) is 0 Å². The molecule has 11 rings (SSSR count). The lowest BCUT2D eigenvalue weighted by atomic mass is 9.98. The number of hydrogen-bond donors (Lipinski definition) is 0. The van der Waals surface area contributed by atoms with Crippen LogP contribution in [0.15, 0.2) is 156 Å². The van der Waals surface area contributed by atoms with Crippen molar-refractivity contribution in [3.05, 3.63) is 152 Å². The van der Waals surface area contributed by atoms with E-state index in [1.165, 1.54) is 0 Å². The minimum Gasteiger partial charge on any atom is -0.453 e. The number of fused-ring (bicyclic) bond motifs is 8. The first-order valence-electron chi connectivity index (χ1n) is 16.6. The molecule has 0 saturated carbocycles. The van der Waals surface area contributed by atoms with Gasteiger partial charge in [0.15, 0.2) is 34.4 Å². The molecule has 2 aliphatic rings. The second-order valence-electron chi connectivity index (χ2n) is 12.6.